The first kappa shape index (κ1) is 13.3. The zero-order valence-electron chi connectivity index (χ0n) is 10.4. The number of anilines is 1. The lowest BCUT2D eigenvalue weighted by Crippen LogP contribution is -2.19. The van der Waals surface area contributed by atoms with Crippen LogP contribution in [-0.4, -0.2) is 23.7 Å². The van der Waals surface area contributed by atoms with Gasteiger partial charge in [0, 0.05) is 23.5 Å². The standard InChI is InChI=1S/C13H15ClN2OS/c1-9-3-4-10(5-12(9)14)15-13(17)6-11-7-18-8-16(11)2/h3-5,7H,6,8H2,1-2H3,(H,15,17). The Morgan fingerprint density at radius 2 is 2.33 bits per heavy atom. The summed E-state index contributed by atoms with van der Waals surface area (Å²) >= 11 is 7.72. The van der Waals surface area contributed by atoms with E-state index in [0.29, 0.717) is 11.4 Å². The summed E-state index contributed by atoms with van der Waals surface area (Å²) in [5.41, 5.74) is 2.80. The Morgan fingerprint density at radius 1 is 1.56 bits per heavy atom. The first-order chi connectivity index (χ1) is 8.56. The molecule has 0 aromatic heterocycles. The average Bonchev–Trinajstić information content (AvgIpc) is 2.70. The number of rotatable bonds is 3. The minimum Gasteiger partial charge on any atom is -0.367 e. The van der Waals surface area contributed by atoms with Gasteiger partial charge in [-0.2, -0.15) is 0 Å². The van der Waals surface area contributed by atoms with Gasteiger partial charge < -0.3 is 10.2 Å². The van der Waals surface area contributed by atoms with Crippen molar-refractivity contribution in [2.75, 3.05) is 18.2 Å². The molecule has 0 saturated carbocycles. The summed E-state index contributed by atoms with van der Waals surface area (Å²) in [6.45, 7) is 1.93. The van der Waals surface area contributed by atoms with Crippen LogP contribution < -0.4 is 5.32 Å². The molecule has 1 aromatic carbocycles. The van der Waals surface area contributed by atoms with Crippen molar-refractivity contribution in [2.45, 2.75) is 13.3 Å². The van der Waals surface area contributed by atoms with Crippen LogP contribution in [0.3, 0.4) is 0 Å². The van der Waals surface area contributed by atoms with Crippen LogP contribution in [0.15, 0.2) is 29.3 Å². The van der Waals surface area contributed by atoms with Gasteiger partial charge in [-0.25, -0.2) is 0 Å². The number of carbonyl (C=O) groups is 1. The molecule has 18 heavy (non-hydrogen) atoms. The van der Waals surface area contributed by atoms with Gasteiger partial charge in [0.05, 0.1) is 12.3 Å². The highest BCUT2D eigenvalue weighted by Gasteiger charge is 2.14. The molecule has 0 radical (unpaired) electrons. The second-order valence-electron chi connectivity index (χ2n) is 4.29. The molecule has 0 unspecified atom stereocenters. The van der Waals surface area contributed by atoms with Gasteiger partial charge in [-0.3, -0.25) is 4.79 Å². The molecule has 1 amide bonds. The SMILES string of the molecule is Cc1ccc(NC(=O)CC2=CSCN2C)cc1Cl. The molecule has 1 aliphatic rings. The number of aryl methyl sites for hydroxylation is 1. The Labute approximate surface area is 116 Å². The van der Waals surface area contributed by atoms with E-state index in [1.165, 1.54) is 0 Å². The summed E-state index contributed by atoms with van der Waals surface area (Å²) in [6, 6.07) is 5.53. The van der Waals surface area contributed by atoms with Crippen molar-refractivity contribution in [3.8, 4) is 0 Å². The maximum Gasteiger partial charge on any atom is 0.230 e. The van der Waals surface area contributed by atoms with Gasteiger partial charge >= 0.3 is 0 Å². The number of carbonyl (C=O) groups excluding carboxylic acids is 1. The number of amides is 1. The molecule has 5 heteroatoms. The molecular weight excluding hydrogens is 268 g/mol. The third kappa shape index (κ3) is 3.21. The van der Waals surface area contributed by atoms with Crippen LogP contribution >= 0.6 is 23.4 Å². The predicted molar refractivity (Wildman–Crippen MR) is 77.7 cm³/mol. The first-order valence-corrected chi connectivity index (χ1v) is 7.07. The minimum absolute atomic E-state index is 0.0180. The summed E-state index contributed by atoms with van der Waals surface area (Å²) in [6.07, 6.45) is 0.398. The molecule has 2 rings (SSSR count). The van der Waals surface area contributed by atoms with Crippen molar-refractivity contribution in [1.82, 2.24) is 4.90 Å². The van der Waals surface area contributed by atoms with Gasteiger partial charge in [0.25, 0.3) is 0 Å². The fourth-order valence-corrected chi connectivity index (χ4v) is 2.74. The lowest BCUT2D eigenvalue weighted by molar-refractivity contribution is -0.115. The van der Waals surface area contributed by atoms with Crippen molar-refractivity contribution < 1.29 is 4.79 Å². The molecule has 0 spiro atoms. The molecule has 96 valence electrons. The quantitative estimate of drug-likeness (QED) is 0.921. The normalized spacial score (nSPS) is 14.6. The van der Waals surface area contributed by atoms with Gasteiger partial charge in [0.1, 0.15) is 0 Å². The van der Waals surface area contributed by atoms with Crippen LogP contribution in [0.1, 0.15) is 12.0 Å². The number of thioether (sulfide) groups is 1. The van der Waals surface area contributed by atoms with Gasteiger partial charge in [0.15, 0.2) is 0 Å². The molecule has 1 N–H and O–H groups in total. The second-order valence-corrected chi connectivity index (χ2v) is 5.53. The summed E-state index contributed by atoms with van der Waals surface area (Å²) in [4.78, 5) is 14.0. The first-order valence-electron chi connectivity index (χ1n) is 5.64. The van der Waals surface area contributed by atoms with Gasteiger partial charge in [-0.15, -0.1) is 11.8 Å². The fraction of sp³-hybridized carbons (Fsp3) is 0.308. The monoisotopic (exact) mass is 282 g/mol. The summed E-state index contributed by atoms with van der Waals surface area (Å²) < 4.78 is 0. The van der Waals surface area contributed by atoms with E-state index in [2.05, 4.69) is 10.2 Å². The third-order valence-corrected chi connectivity index (χ3v) is 4.16. The van der Waals surface area contributed by atoms with E-state index >= 15 is 0 Å². The van der Waals surface area contributed by atoms with Crippen LogP contribution in [0.2, 0.25) is 5.02 Å². The van der Waals surface area contributed by atoms with E-state index in [4.69, 9.17) is 11.6 Å². The van der Waals surface area contributed by atoms with Gasteiger partial charge in [-0.05, 0) is 30.0 Å². The molecule has 0 bridgehead atoms. The molecule has 3 nitrogen and oxygen atoms in total. The predicted octanol–water partition coefficient (Wildman–Crippen LogP) is 3.45. The van der Waals surface area contributed by atoms with E-state index in [1.807, 2.05) is 31.5 Å². The number of halogens is 1. The second kappa shape index (κ2) is 5.67. The van der Waals surface area contributed by atoms with Crippen molar-refractivity contribution in [3.05, 3.63) is 39.9 Å². The summed E-state index contributed by atoms with van der Waals surface area (Å²) in [7, 11) is 1.99. The van der Waals surface area contributed by atoms with Crippen molar-refractivity contribution in [1.29, 1.82) is 0 Å². The smallest absolute Gasteiger partial charge is 0.230 e. The molecule has 1 aliphatic heterocycles. The van der Waals surface area contributed by atoms with E-state index in [1.54, 1.807) is 17.8 Å². The molecule has 0 fully saturated rings. The van der Waals surface area contributed by atoms with Gasteiger partial charge in [0.2, 0.25) is 5.91 Å². The number of nitrogens with one attached hydrogen (secondary N) is 1. The van der Waals surface area contributed by atoms with Crippen molar-refractivity contribution in [3.63, 3.8) is 0 Å². The number of hydrogen-bond acceptors (Lipinski definition) is 3. The zero-order valence-corrected chi connectivity index (χ0v) is 11.9. The zero-order chi connectivity index (χ0) is 13.1. The Morgan fingerprint density at radius 3 is 2.94 bits per heavy atom. The van der Waals surface area contributed by atoms with Crippen LogP contribution in [0.4, 0.5) is 5.69 Å². The van der Waals surface area contributed by atoms with E-state index < -0.39 is 0 Å². The molecule has 1 heterocycles. The Bertz CT molecular complexity index is 502. The van der Waals surface area contributed by atoms with Crippen LogP contribution in [0.5, 0.6) is 0 Å². The lowest BCUT2D eigenvalue weighted by Gasteiger charge is -2.15. The van der Waals surface area contributed by atoms with Crippen LogP contribution in [0, 0.1) is 6.92 Å². The Kier molecular flexibility index (Phi) is 4.19. The van der Waals surface area contributed by atoms with Crippen molar-refractivity contribution >= 4 is 35.0 Å². The number of hydrogen-bond donors (Lipinski definition) is 1. The van der Waals surface area contributed by atoms with Crippen LogP contribution in [-0.2, 0) is 4.79 Å². The van der Waals surface area contributed by atoms with E-state index in [-0.39, 0.29) is 5.91 Å². The molecule has 1 aromatic rings. The highest BCUT2D eigenvalue weighted by molar-refractivity contribution is 8.02. The average molecular weight is 283 g/mol. The number of benzene rings is 1. The highest BCUT2D eigenvalue weighted by Crippen LogP contribution is 2.24. The highest BCUT2D eigenvalue weighted by atomic mass is 35.5. The third-order valence-electron chi connectivity index (χ3n) is 2.78. The number of nitrogens with zero attached hydrogens (tertiary/aromatic N) is 1. The minimum atomic E-state index is -0.0180. The maximum atomic E-state index is 11.9. The van der Waals surface area contributed by atoms with Crippen LogP contribution in [0.25, 0.3) is 0 Å². The molecule has 0 aliphatic carbocycles. The summed E-state index contributed by atoms with van der Waals surface area (Å²) in [5, 5.41) is 5.55. The Hall–Kier alpha value is -1.13. The Balaban J connectivity index is 1.97. The molecule has 0 saturated heterocycles. The van der Waals surface area contributed by atoms with Gasteiger partial charge in [-0.1, -0.05) is 17.7 Å². The van der Waals surface area contributed by atoms with Crippen molar-refractivity contribution in [2.24, 2.45) is 0 Å². The fourth-order valence-electron chi connectivity index (χ4n) is 1.64. The largest absolute Gasteiger partial charge is 0.367 e. The maximum absolute atomic E-state index is 11.9. The van der Waals surface area contributed by atoms with E-state index in [0.717, 1.165) is 22.8 Å². The topological polar surface area (TPSA) is 32.3 Å². The molecular formula is C13H15ClN2OS. The summed E-state index contributed by atoms with van der Waals surface area (Å²) in [5.74, 6) is 0.898. The lowest BCUT2D eigenvalue weighted by atomic mass is 10.2. The molecule has 0 atom stereocenters. The van der Waals surface area contributed by atoms with E-state index in [9.17, 15) is 4.79 Å².